The minimum atomic E-state index is -0.332. The van der Waals surface area contributed by atoms with Crippen molar-refractivity contribution in [1.29, 1.82) is 0 Å². The van der Waals surface area contributed by atoms with Gasteiger partial charge < -0.3 is 15.2 Å². The molecule has 0 bridgehead atoms. The topological polar surface area (TPSA) is 58.6 Å². The van der Waals surface area contributed by atoms with E-state index in [-0.39, 0.29) is 18.6 Å². The molecule has 100 valence electrons. The van der Waals surface area contributed by atoms with E-state index in [1.54, 1.807) is 18.4 Å². The number of hydrogen-bond donors (Lipinski definition) is 2. The van der Waals surface area contributed by atoms with E-state index < -0.39 is 0 Å². The molecule has 0 aromatic carbocycles. The molecule has 1 aromatic rings. The van der Waals surface area contributed by atoms with Crippen LogP contribution in [0.3, 0.4) is 0 Å². The molecule has 1 aromatic heterocycles. The highest BCUT2D eigenvalue weighted by Gasteiger charge is 2.21. The maximum atomic E-state index is 12.2. The van der Waals surface area contributed by atoms with Gasteiger partial charge in [0.05, 0.1) is 24.8 Å². The van der Waals surface area contributed by atoms with Gasteiger partial charge in [-0.25, -0.2) is 0 Å². The van der Waals surface area contributed by atoms with Crippen molar-refractivity contribution in [3.8, 4) is 0 Å². The first-order valence-corrected chi connectivity index (χ1v) is 7.14. The van der Waals surface area contributed by atoms with Gasteiger partial charge in [-0.3, -0.25) is 4.79 Å². The lowest BCUT2D eigenvalue weighted by Gasteiger charge is -2.17. The van der Waals surface area contributed by atoms with Crippen LogP contribution < -0.4 is 5.32 Å². The first-order chi connectivity index (χ1) is 8.76. The number of amides is 1. The predicted molar refractivity (Wildman–Crippen MR) is 71.2 cm³/mol. The van der Waals surface area contributed by atoms with Crippen LogP contribution in [0.15, 0.2) is 5.38 Å². The van der Waals surface area contributed by atoms with Gasteiger partial charge in [-0.05, 0) is 31.2 Å². The zero-order valence-electron chi connectivity index (χ0n) is 10.6. The van der Waals surface area contributed by atoms with Gasteiger partial charge in [0.2, 0.25) is 0 Å². The van der Waals surface area contributed by atoms with E-state index in [9.17, 15) is 4.79 Å². The van der Waals surface area contributed by atoms with Crippen molar-refractivity contribution in [2.45, 2.75) is 31.7 Å². The van der Waals surface area contributed by atoms with Gasteiger partial charge in [0, 0.05) is 17.4 Å². The van der Waals surface area contributed by atoms with Crippen LogP contribution in [-0.4, -0.2) is 37.4 Å². The number of aliphatic hydroxyl groups excluding tert-OH is 1. The largest absolute Gasteiger partial charge is 0.394 e. The molecule has 0 spiro atoms. The molecule has 2 rings (SSSR count). The third-order valence-corrected chi connectivity index (χ3v) is 4.32. The zero-order valence-corrected chi connectivity index (χ0v) is 11.4. The molecule has 0 radical (unpaired) electrons. The van der Waals surface area contributed by atoms with Crippen molar-refractivity contribution in [1.82, 2.24) is 5.32 Å². The van der Waals surface area contributed by atoms with Crippen molar-refractivity contribution >= 4 is 17.2 Å². The molecule has 0 aliphatic heterocycles. The number of aliphatic hydroxyl groups is 1. The first kappa shape index (κ1) is 13.5. The van der Waals surface area contributed by atoms with Crippen molar-refractivity contribution in [2.75, 3.05) is 20.3 Å². The highest BCUT2D eigenvalue weighted by atomic mass is 32.1. The summed E-state index contributed by atoms with van der Waals surface area (Å²) in [5, 5.41) is 13.9. The van der Waals surface area contributed by atoms with Gasteiger partial charge in [0.25, 0.3) is 5.91 Å². The summed E-state index contributed by atoms with van der Waals surface area (Å²) in [6.07, 6.45) is 4.47. The molecule has 1 amide bonds. The summed E-state index contributed by atoms with van der Waals surface area (Å²) in [5.41, 5.74) is 1.99. The summed E-state index contributed by atoms with van der Waals surface area (Å²) in [6.45, 7) is 0.223. The van der Waals surface area contributed by atoms with E-state index >= 15 is 0 Å². The molecular formula is C13H19NO3S. The number of carbonyl (C=O) groups is 1. The van der Waals surface area contributed by atoms with Gasteiger partial charge in [-0.1, -0.05) is 0 Å². The number of nitrogens with one attached hydrogen (secondary N) is 1. The van der Waals surface area contributed by atoms with Crippen molar-refractivity contribution in [3.05, 3.63) is 21.4 Å². The molecule has 1 aliphatic carbocycles. The summed E-state index contributed by atoms with van der Waals surface area (Å²) in [4.78, 5) is 13.5. The van der Waals surface area contributed by atoms with E-state index in [0.29, 0.717) is 6.61 Å². The maximum absolute atomic E-state index is 12.2. The molecule has 4 nitrogen and oxygen atoms in total. The fraction of sp³-hybridized carbons (Fsp3) is 0.615. The Kier molecular flexibility index (Phi) is 4.74. The van der Waals surface area contributed by atoms with Crippen molar-refractivity contribution in [2.24, 2.45) is 0 Å². The number of methoxy groups -OCH3 is 1. The van der Waals surface area contributed by atoms with Crippen LogP contribution >= 0.6 is 11.3 Å². The van der Waals surface area contributed by atoms with E-state index in [1.807, 2.05) is 5.38 Å². The lowest BCUT2D eigenvalue weighted by molar-refractivity contribution is 0.0839. The Bertz CT molecular complexity index is 416. The fourth-order valence-electron chi connectivity index (χ4n) is 2.29. The van der Waals surface area contributed by atoms with Crippen LogP contribution in [0, 0.1) is 0 Å². The number of carbonyl (C=O) groups excluding carboxylic acids is 1. The molecule has 0 saturated heterocycles. The van der Waals surface area contributed by atoms with E-state index in [2.05, 4.69) is 5.32 Å². The van der Waals surface area contributed by atoms with E-state index in [0.717, 1.165) is 24.8 Å². The zero-order chi connectivity index (χ0) is 13.0. The standard InChI is InChI=1S/C13H19NO3S/c1-17-7-9(6-15)14-13(16)11-8-18-12-5-3-2-4-10(11)12/h8-9,15H,2-7H2,1H3,(H,14,16). The summed E-state index contributed by atoms with van der Waals surface area (Å²) in [5.74, 6) is -0.0921. The Hall–Kier alpha value is -0.910. The van der Waals surface area contributed by atoms with Gasteiger partial charge in [0.15, 0.2) is 0 Å². The van der Waals surface area contributed by atoms with Crippen LogP contribution in [-0.2, 0) is 17.6 Å². The van der Waals surface area contributed by atoms with Gasteiger partial charge in [0.1, 0.15) is 0 Å². The van der Waals surface area contributed by atoms with Crippen molar-refractivity contribution in [3.63, 3.8) is 0 Å². The Labute approximate surface area is 111 Å². The number of rotatable bonds is 5. The molecule has 5 heteroatoms. The van der Waals surface area contributed by atoms with E-state index in [1.165, 1.54) is 16.9 Å². The molecule has 0 fully saturated rings. The second-order valence-electron chi connectivity index (χ2n) is 4.57. The molecule has 1 heterocycles. The second kappa shape index (κ2) is 6.31. The van der Waals surface area contributed by atoms with Crippen molar-refractivity contribution < 1.29 is 14.6 Å². The fourth-order valence-corrected chi connectivity index (χ4v) is 3.41. The SMILES string of the molecule is COCC(CO)NC(=O)c1csc2c1CCCC2. The number of hydrogen-bond acceptors (Lipinski definition) is 4. The molecule has 2 N–H and O–H groups in total. The van der Waals surface area contributed by atoms with Crippen LogP contribution in [0.25, 0.3) is 0 Å². The van der Waals surface area contributed by atoms with Crippen LogP contribution in [0.1, 0.15) is 33.6 Å². The molecule has 1 unspecified atom stereocenters. The smallest absolute Gasteiger partial charge is 0.252 e. The molecular weight excluding hydrogens is 250 g/mol. The Morgan fingerprint density at radius 3 is 3.06 bits per heavy atom. The highest BCUT2D eigenvalue weighted by molar-refractivity contribution is 7.10. The number of aryl methyl sites for hydroxylation is 1. The first-order valence-electron chi connectivity index (χ1n) is 6.26. The molecule has 1 atom stereocenters. The van der Waals surface area contributed by atoms with Crippen LogP contribution in [0.5, 0.6) is 0 Å². The third kappa shape index (κ3) is 2.91. The minimum absolute atomic E-state index is 0.0921. The molecule has 1 aliphatic rings. The Morgan fingerprint density at radius 2 is 2.33 bits per heavy atom. The molecule has 18 heavy (non-hydrogen) atoms. The van der Waals surface area contributed by atoms with Crippen LogP contribution in [0.2, 0.25) is 0 Å². The number of ether oxygens (including phenoxy) is 1. The van der Waals surface area contributed by atoms with Crippen LogP contribution in [0.4, 0.5) is 0 Å². The Balaban J connectivity index is 2.06. The predicted octanol–water partition coefficient (Wildman–Crippen LogP) is 1.36. The second-order valence-corrected chi connectivity index (χ2v) is 5.53. The summed E-state index contributed by atoms with van der Waals surface area (Å²) in [7, 11) is 1.56. The average molecular weight is 269 g/mol. The lowest BCUT2D eigenvalue weighted by Crippen LogP contribution is -2.40. The quantitative estimate of drug-likeness (QED) is 0.848. The van der Waals surface area contributed by atoms with Gasteiger partial charge in [-0.2, -0.15) is 0 Å². The van der Waals surface area contributed by atoms with E-state index in [4.69, 9.17) is 9.84 Å². The maximum Gasteiger partial charge on any atom is 0.252 e. The summed E-state index contributed by atoms with van der Waals surface area (Å²) >= 11 is 1.67. The Morgan fingerprint density at radius 1 is 1.56 bits per heavy atom. The average Bonchev–Trinajstić information content (AvgIpc) is 2.82. The van der Waals surface area contributed by atoms with Gasteiger partial charge in [-0.15, -0.1) is 11.3 Å². The minimum Gasteiger partial charge on any atom is -0.394 e. The summed E-state index contributed by atoms with van der Waals surface area (Å²) in [6, 6.07) is -0.332. The normalized spacial score (nSPS) is 16.1. The number of thiophene rings is 1. The molecule has 0 saturated carbocycles. The highest BCUT2D eigenvalue weighted by Crippen LogP contribution is 2.30. The lowest BCUT2D eigenvalue weighted by atomic mass is 9.95. The van der Waals surface area contributed by atoms with Gasteiger partial charge >= 0.3 is 0 Å². The summed E-state index contributed by atoms with van der Waals surface area (Å²) < 4.78 is 4.95. The third-order valence-electron chi connectivity index (χ3n) is 3.23. The number of fused-ring (bicyclic) bond motifs is 1. The monoisotopic (exact) mass is 269 g/mol.